The van der Waals surface area contributed by atoms with Gasteiger partial charge in [-0.05, 0) is 25.2 Å². The number of amides is 1. The molecule has 3 N–H and O–H groups in total. The molecule has 1 aliphatic rings. The van der Waals surface area contributed by atoms with E-state index in [0.717, 1.165) is 30.2 Å². The van der Waals surface area contributed by atoms with Gasteiger partial charge in [0.25, 0.3) is 0 Å². The molecule has 0 aromatic heterocycles. The van der Waals surface area contributed by atoms with Gasteiger partial charge in [-0.2, -0.15) is 0 Å². The summed E-state index contributed by atoms with van der Waals surface area (Å²) in [5.41, 5.74) is 0. The molecule has 1 saturated carbocycles. The molecule has 1 amide bonds. The highest BCUT2D eigenvalue weighted by Gasteiger charge is 2.20. The van der Waals surface area contributed by atoms with E-state index in [1.807, 2.05) is 6.92 Å². The maximum absolute atomic E-state index is 10.8. The Morgan fingerprint density at radius 2 is 2.06 bits per heavy atom. The molecule has 0 aromatic carbocycles. The fraction of sp³-hybridized carbons (Fsp3) is 0.917. The number of carboxylic acid groups (broad SMARTS) is 1. The summed E-state index contributed by atoms with van der Waals surface area (Å²) in [7, 11) is 0. The normalized spacial score (nSPS) is 19.4. The number of nitrogens with zero attached hydrogens (tertiary/aromatic N) is 1. The molecule has 0 saturated heterocycles. The number of rotatable bonds is 5. The monoisotopic (exact) mass is 228 g/mol. The van der Waals surface area contributed by atoms with Gasteiger partial charge >= 0.3 is 6.09 Å². The minimum atomic E-state index is -1.02. The Hall–Kier alpha value is -0.770. The van der Waals surface area contributed by atoms with Crippen LogP contribution >= 0.6 is 0 Å². The molecule has 0 aromatic rings. The SMILES string of the molecule is CC[C@H](CCC1CCCCC1)N(N)C(=O)O. The van der Waals surface area contributed by atoms with Crippen LogP contribution in [0.25, 0.3) is 0 Å². The standard InChI is InChI=1S/C12H24N2O2/c1-2-11(14(13)12(15)16)9-8-10-6-4-3-5-7-10/h10-11H,2-9,13H2,1H3,(H,15,16)/t11-/m1/s1. The molecule has 1 atom stereocenters. The number of hydrogen-bond donors (Lipinski definition) is 2. The molecule has 0 radical (unpaired) electrons. The van der Waals surface area contributed by atoms with Crippen LogP contribution in [0.4, 0.5) is 4.79 Å². The van der Waals surface area contributed by atoms with Crippen LogP contribution in [-0.2, 0) is 0 Å². The van der Waals surface area contributed by atoms with Gasteiger partial charge in [0.2, 0.25) is 0 Å². The van der Waals surface area contributed by atoms with E-state index in [-0.39, 0.29) is 6.04 Å². The molecule has 1 rings (SSSR count). The minimum absolute atomic E-state index is 0.0144. The first-order valence-corrected chi connectivity index (χ1v) is 6.42. The quantitative estimate of drug-likeness (QED) is 0.432. The lowest BCUT2D eigenvalue weighted by molar-refractivity contribution is 0.116. The molecule has 1 aliphatic carbocycles. The Bertz CT molecular complexity index is 215. The minimum Gasteiger partial charge on any atom is -0.464 e. The van der Waals surface area contributed by atoms with Gasteiger partial charge in [0.15, 0.2) is 0 Å². The zero-order valence-electron chi connectivity index (χ0n) is 10.2. The Balaban J connectivity index is 2.29. The number of hydrazine groups is 1. The number of carbonyl (C=O) groups is 1. The van der Waals surface area contributed by atoms with E-state index in [2.05, 4.69) is 0 Å². The van der Waals surface area contributed by atoms with E-state index >= 15 is 0 Å². The van der Waals surface area contributed by atoms with E-state index in [1.54, 1.807) is 0 Å². The zero-order valence-corrected chi connectivity index (χ0v) is 10.2. The molecular weight excluding hydrogens is 204 g/mol. The zero-order chi connectivity index (χ0) is 12.0. The van der Waals surface area contributed by atoms with Crippen LogP contribution in [0.3, 0.4) is 0 Å². The first-order chi connectivity index (χ1) is 7.65. The summed E-state index contributed by atoms with van der Waals surface area (Å²) in [6.07, 6.45) is 8.49. The first kappa shape index (κ1) is 13.3. The third kappa shape index (κ3) is 4.00. The van der Waals surface area contributed by atoms with Gasteiger partial charge in [-0.25, -0.2) is 15.6 Å². The maximum Gasteiger partial charge on any atom is 0.421 e. The van der Waals surface area contributed by atoms with Crippen molar-refractivity contribution in [2.24, 2.45) is 11.8 Å². The van der Waals surface area contributed by atoms with Crippen molar-refractivity contribution in [3.8, 4) is 0 Å². The van der Waals surface area contributed by atoms with Gasteiger partial charge in [-0.1, -0.05) is 39.0 Å². The van der Waals surface area contributed by atoms with Crippen molar-refractivity contribution in [2.75, 3.05) is 0 Å². The average Bonchev–Trinajstić information content (AvgIpc) is 2.30. The highest BCUT2D eigenvalue weighted by Crippen LogP contribution is 2.28. The van der Waals surface area contributed by atoms with Gasteiger partial charge in [-0.15, -0.1) is 0 Å². The van der Waals surface area contributed by atoms with E-state index in [0.29, 0.717) is 0 Å². The lowest BCUT2D eigenvalue weighted by Gasteiger charge is -2.27. The molecule has 0 unspecified atom stereocenters. The largest absolute Gasteiger partial charge is 0.464 e. The molecule has 16 heavy (non-hydrogen) atoms. The summed E-state index contributed by atoms with van der Waals surface area (Å²) in [6, 6.07) is -0.0144. The summed E-state index contributed by atoms with van der Waals surface area (Å²) in [4.78, 5) is 10.8. The summed E-state index contributed by atoms with van der Waals surface area (Å²) in [5.74, 6) is 6.32. The Labute approximate surface area is 97.8 Å². The van der Waals surface area contributed by atoms with Crippen molar-refractivity contribution in [1.29, 1.82) is 0 Å². The molecule has 1 fully saturated rings. The topological polar surface area (TPSA) is 66.6 Å². The van der Waals surface area contributed by atoms with E-state index < -0.39 is 6.09 Å². The fourth-order valence-corrected chi connectivity index (χ4v) is 2.60. The van der Waals surface area contributed by atoms with Crippen molar-refractivity contribution in [3.05, 3.63) is 0 Å². The number of nitrogens with two attached hydrogens (primary N) is 1. The molecule has 0 aliphatic heterocycles. The summed E-state index contributed by atoms with van der Waals surface area (Å²) in [6.45, 7) is 1.99. The predicted molar refractivity (Wildman–Crippen MR) is 63.9 cm³/mol. The van der Waals surface area contributed by atoms with Gasteiger partial charge in [0.1, 0.15) is 0 Å². The van der Waals surface area contributed by atoms with Crippen molar-refractivity contribution in [2.45, 2.75) is 64.3 Å². The smallest absolute Gasteiger partial charge is 0.421 e. The van der Waals surface area contributed by atoms with Crippen LogP contribution < -0.4 is 5.84 Å². The van der Waals surface area contributed by atoms with Crippen molar-refractivity contribution < 1.29 is 9.90 Å². The lowest BCUT2D eigenvalue weighted by Crippen LogP contribution is -2.44. The molecule has 4 heteroatoms. The van der Waals surface area contributed by atoms with Crippen molar-refractivity contribution >= 4 is 6.09 Å². The molecule has 0 heterocycles. The fourth-order valence-electron chi connectivity index (χ4n) is 2.60. The van der Waals surface area contributed by atoms with E-state index in [4.69, 9.17) is 10.9 Å². The first-order valence-electron chi connectivity index (χ1n) is 6.42. The third-order valence-corrected chi connectivity index (χ3v) is 3.72. The molecule has 0 bridgehead atoms. The Morgan fingerprint density at radius 1 is 1.44 bits per heavy atom. The van der Waals surface area contributed by atoms with Crippen LogP contribution in [0.15, 0.2) is 0 Å². The van der Waals surface area contributed by atoms with Gasteiger partial charge in [-0.3, -0.25) is 0 Å². The lowest BCUT2D eigenvalue weighted by atomic mass is 9.85. The molecule has 94 valence electrons. The van der Waals surface area contributed by atoms with Crippen molar-refractivity contribution in [3.63, 3.8) is 0 Å². The van der Waals surface area contributed by atoms with Gasteiger partial charge in [0.05, 0.1) is 6.04 Å². The third-order valence-electron chi connectivity index (χ3n) is 3.72. The highest BCUT2D eigenvalue weighted by molar-refractivity contribution is 5.64. The van der Waals surface area contributed by atoms with Gasteiger partial charge < -0.3 is 5.11 Å². The maximum atomic E-state index is 10.8. The van der Waals surface area contributed by atoms with Crippen LogP contribution in [0.5, 0.6) is 0 Å². The Kier molecular flexibility index (Phi) is 5.60. The highest BCUT2D eigenvalue weighted by atomic mass is 16.4. The molecule has 0 spiro atoms. The number of hydrogen-bond acceptors (Lipinski definition) is 2. The second-order valence-corrected chi connectivity index (χ2v) is 4.83. The summed E-state index contributed by atoms with van der Waals surface area (Å²) < 4.78 is 0. The van der Waals surface area contributed by atoms with E-state index in [1.165, 1.54) is 32.1 Å². The summed E-state index contributed by atoms with van der Waals surface area (Å²) in [5, 5.41) is 9.80. The van der Waals surface area contributed by atoms with Crippen LogP contribution in [-0.4, -0.2) is 22.3 Å². The second-order valence-electron chi connectivity index (χ2n) is 4.83. The molecule has 4 nitrogen and oxygen atoms in total. The van der Waals surface area contributed by atoms with Gasteiger partial charge in [0, 0.05) is 0 Å². The van der Waals surface area contributed by atoms with E-state index in [9.17, 15) is 4.79 Å². The Morgan fingerprint density at radius 3 is 2.56 bits per heavy atom. The predicted octanol–water partition coefficient (Wildman–Crippen LogP) is 2.98. The van der Waals surface area contributed by atoms with Crippen LogP contribution in [0.1, 0.15) is 58.3 Å². The van der Waals surface area contributed by atoms with Crippen LogP contribution in [0.2, 0.25) is 0 Å². The summed E-state index contributed by atoms with van der Waals surface area (Å²) >= 11 is 0. The van der Waals surface area contributed by atoms with Crippen molar-refractivity contribution in [1.82, 2.24) is 5.01 Å². The van der Waals surface area contributed by atoms with Crippen LogP contribution in [0, 0.1) is 5.92 Å². The molecular formula is C12H24N2O2. The second kappa shape index (κ2) is 6.74. The average molecular weight is 228 g/mol.